The molecule has 5 nitrogen and oxygen atoms in total. The van der Waals surface area contributed by atoms with E-state index in [-0.39, 0.29) is 16.4 Å². The Morgan fingerprint density at radius 2 is 1.75 bits per heavy atom. The van der Waals surface area contributed by atoms with E-state index in [0.717, 1.165) is 5.56 Å². The summed E-state index contributed by atoms with van der Waals surface area (Å²) >= 11 is 12.1. The topological polar surface area (TPSA) is 76.4 Å². The van der Waals surface area contributed by atoms with Crippen LogP contribution in [0.25, 0.3) is 6.08 Å². The van der Waals surface area contributed by atoms with Crippen molar-refractivity contribution in [3.63, 3.8) is 0 Å². The summed E-state index contributed by atoms with van der Waals surface area (Å²) in [5, 5.41) is 10.5. The van der Waals surface area contributed by atoms with Gasteiger partial charge < -0.3 is 9.47 Å². The SMILES string of the molecule is CCOc1cc(/C=C(\C#N)S(=O)(=O)c2ccccc2)ccc1OCc1ccc(Cl)cc1Cl. The van der Waals surface area contributed by atoms with Gasteiger partial charge in [0.15, 0.2) is 11.5 Å². The third-order valence-corrected chi connectivity index (χ3v) is 6.68. The molecule has 0 aliphatic heterocycles. The van der Waals surface area contributed by atoms with E-state index in [1.54, 1.807) is 60.7 Å². The lowest BCUT2D eigenvalue weighted by Gasteiger charge is -2.13. The van der Waals surface area contributed by atoms with Gasteiger partial charge in [-0.3, -0.25) is 0 Å². The molecule has 0 saturated carbocycles. The molecular weight excluding hydrogens is 469 g/mol. The number of ether oxygens (including phenoxy) is 2. The maximum atomic E-state index is 12.8. The number of hydrogen-bond donors (Lipinski definition) is 0. The lowest BCUT2D eigenvalue weighted by molar-refractivity contribution is 0.269. The van der Waals surface area contributed by atoms with Crippen molar-refractivity contribution in [2.45, 2.75) is 18.4 Å². The van der Waals surface area contributed by atoms with Gasteiger partial charge in [-0.05, 0) is 55.0 Å². The minimum atomic E-state index is -3.94. The first-order valence-corrected chi connectivity index (χ1v) is 11.8. The van der Waals surface area contributed by atoms with Crippen molar-refractivity contribution in [1.82, 2.24) is 0 Å². The van der Waals surface area contributed by atoms with E-state index in [2.05, 4.69) is 0 Å². The van der Waals surface area contributed by atoms with E-state index in [1.165, 1.54) is 18.2 Å². The van der Waals surface area contributed by atoms with Crippen molar-refractivity contribution in [3.8, 4) is 17.6 Å². The smallest absolute Gasteiger partial charge is 0.216 e. The Kier molecular flexibility index (Phi) is 7.81. The maximum absolute atomic E-state index is 12.8. The summed E-state index contributed by atoms with van der Waals surface area (Å²) in [6.07, 6.45) is 1.31. The van der Waals surface area contributed by atoms with Gasteiger partial charge in [0, 0.05) is 15.6 Å². The predicted octanol–water partition coefficient (Wildman–Crippen LogP) is 6.31. The molecule has 0 spiro atoms. The van der Waals surface area contributed by atoms with Crippen molar-refractivity contribution in [1.29, 1.82) is 5.26 Å². The first kappa shape index (κ1) is 23.7. The van der Waals surface area contributed by atoms with Crippen molar-refractivity contribution in [2.75, 3.05) is 6.61 Å². The molecule has 0 radical (unpaired) electrons. The van der Waals surface area contributed by atoms with Crippen LogP contribution in [0.3, 0.4) is 0 Å². The van der Waals surface area contributed by atoms with Gasteiger partial charge in [0.1, 0.15) is 17.6 Å². The van der Waals surface area contributed by atoms with Gasteiger partial charge in [-0.1, -0.05) is 53.5 Å². The summed E-state index contributed by atoms with van der Waals surface area (Å²) in [5.74, 6) is 0.875. The molecule has 0 saturated heterocycles. The number of hydrogen-bond acceptors (Lipinski definition) is 5. The largest absolute Gasteiger partial charge is 0.490 e. The van der Waals surface area contributed by atoms with Crippen LogP contribution in [-0.2, 0) is 16.4 Å². The number of nitrogens with zero attached hydrogens (tertiary/aromatic N) is 1. The zero-order chi connectivity index (χ0) is 23.1. The van der Waals surface area contributed by atoms with Gasteiger partial charge in [-0.15, -0.1) is 0 Å². The highest BCUT2D eigenvalue weighted by molar-refractivity contribution is 7.95. The summed E-state index contributed by atoms with van der Waals surface area (Å²) in [4.78, 5) is -0.314. The van der Waals surface area contributed by atoms with Crippen LogP contribution in [-0.4, -0.2) is 15.0 Å². The molecule has 0 heterocycles. The van der Waals surface area contributed by atoms with Gasteiger partial charge in [-0.2, -0.15) is 5.26 Å². The summed E-state index contributed by atoms with van der Waals surface area (Å²) in [5.41, 5.74) is 1.24. The van der Waals surface area contributed by atoms with E-state index in [1.807, 2.05) is 6.92 Å². The van der Waals surface area contributed by atoms with Gasteiger partial charge in [0.2, 0.25) is 9.84 Å². The van der Waals surface area contributed by atoms with Crippen LogP contribution < -0.4 is 9.47 Å². The fraction of sp³-hybridized carbons (Fsp3) is 0.125. The van der Waals surface area contributed by atoms with Crippen LogP contribution in [0.2, 0.25) is 10.0 Å². The summed E-state index contributed by atoms with van der Waals surface area (Å²) < 4.78 is 37.1. The van der Waals surface area contributed by atoms with Crippen LogP contribution in [0.5, 0.6) is 11.5 Å². The average molecular weight is 488 g/mol. The maximum Gasteiger partial charge on any atom is 0.216 e. The van der Waals surface area contributed by atoms with E-state index >= 15 is 0 Å². The molecular formula is C24H19Cl2NO4S. The van der Waals surface area contributed by atoms with Crippen molar-refractivity contribution < 1.29 is 17.9 Å². The lowest BCUT2D eigenvalue weighted by atomic mass is 10.2. The molecule has 0 aliphatic carbocycles. The van der Waals surface area contributed by atoms with Gasteiger partial charge in [0.05, 0.1) is 11.5 Å². The third kappa shape index (κ3) is 5.63. The molecule has 0 amide bonds. The number of sulfone groups is 1. The second-order valence-corrected chi connectivity index (χ2v) is 9.36. The fourth-order valence-electron chi connectivity index (χ4n) is 2.84. The molecule has 0 aliphatic rings. The molecule has 3 rings (SSSR count). The molecule has 164 valence electrons. The number of halogens is 2. The van der Waals surface area contributed by atoms with E-state index < -0.39 is 9.84 Å². The molecule has 0 aromatic heterocycles. The summed E-state index contributed by atoms with van der Waals surface area (Å²) in [7, 11) is -3.94. The standard InChI is InChI=1S/C24H19Cl2NO4S/c1-2-30-24-13-17(12-21(15-27)32(28,29)20-6-4-3-5-7-20)8-11-23(24)31-16-18-9-10-19(25)14-22(18)26/h3-14H,2,16H2,1H3/b21-12+. The first-order valence-electron chi connectivity index (χ1n) is 9.60. The Morgan fingerprint density at radius 1 is 1.00 bits per heavy atom. The van der Waals surface area contributed by atoms with Crippen LogP contribution in [0.4, 0.5) is 0 Å². The van der Waals surface area contributed by atoms with E-state index in [9.17, 15) is 13.7 Å². The Morgan fingerprint density at radius 3 is 2.41 bits per heavy atom. The Balaban J connectivity index is 1.90. The van der Waals surface area contributed by atoms with Crippen LogP contribution in [0, 0.1) is 11.3 Å². The molecule has 0 fully saturated rings. The number of rotatable bonds is 8. The second-order valence-electron chi connectivity index (χ2n) is 6.60. The predicted molar refractivity (Wildman–Crippen MR) is 126 cm³/mol. The van der Waals surface area contributed by atoms with Crippen LogP contribution in [0.15, 0.2) is 76.5 Å². The van der Waals surface area contributed by atoms with Gasteiger partial charge >= 0.3 is 0 Å². The lowest BCUT2D eigenvalue weighted by Crippen LogP contribution is -2.03. The molecule has 0 unspecified atom stereocenters. The van der Waals surface area contributed by atoms with Gasteiger partial charge in [0.25, 0.3) is 0 Å². The summed E-state index contributed by atoms with van der Waals surface area (Å²) in [6.45, 7) is 2.39. The zero-order valence-electron chi connectivity index (χ0n) is 17.1. The molecule has 0 N–H and O–H groups in total. The second kappa shape index (κ2) is 10.6. The molecule has 8 heteroatoms. The number of allylic oxidation sites excluding steroid dienone is 1. The highest BCUT2D eigenvalue weighted by Gasteiger charge is 2.20. The Labute approximate surface area is 197 Å². The monoisotopic (exact) mass is 487 g/mol. The average Bonchev–Trinajstić information content (AvgIpc) is 2.78. The Bertz CT molecular complexity index is 1280. The number of benzene rings is 3. The first-order chi connectivity index (χ1) is 15.3. The highest BCUT2D eigenvalue weighted by Crippen LogP contribution is 2.32. The van der Waals surface area contributed by atoms with Gasteiger partial charge in [-0.25, -0.2) is 8.42 Å². The van der Waals surface area contributed by atoms with E-state index in [0.29, 0.717) is 33.7 Å². The van der Waals surface area contributed by atoms with Crippen molar-refractivity contribution in [2.24, 2.45) is 0 Å². The van der Waals surface area contributed by atoms with E-state index in [4.69, 9.17) is 32.7 Å². The minimum absolute atomic E-state index is 0.0534. The third-order valence-electron chi connectivity index (χ3n) is 4.42. The minimum Gasteiger partial charge on any atom is -0.490 e. The van der Waals surface area contributed by atoms with Crippen LogP contribution >= 0.6 is 23.2 Å². The quantitative estimate of drug-likeness (QED) is 0.348. The number of nitriles is 1. The Hall–Kier alpha value is -2.98. The molecule has 0 bridgehead atoms. The van der Waals surface area contributed by atoms with Crippen molar-refractivity contribution in [3.05, 3.63) is 92.8 Å². The fourth-order valence-corrected chi connectivity index (χ4v) is 4.49. The van der Waals surface area contributed by atoms with Crippen LogP contribution in [0.1, 0.15) is 18.1 Å². The highest BCUT2D eigenvalue weighted by atomic mass is 35.5. The molecule has 32 heavy (non-hydrogen) atoms. The molecule has 3 aromatic carbocycles. The summed E-state index contributed by atoms with van der Waals surface area (Å²) in [6, 6.07) is 19.7. The zero-order valence-corrected chi connectivity index (χ0v) is 19.4. The normalized spacial score (nSPS) is 11.6. The van der Waals surface area contributed by atoms with Crippen molar-refractivity contribution >= 4 is 39.1 Å². The molecule has 3 aromatic rings. The molecule has 0 atom stereocenters.